The summed E-state index contributed by atoms with van der Waals surface area (Å²) in [5.74, 6) is 1.82. The second-order valence-corrected chi connectivity index (χ2v) is 5.56. The zero-order valence-corrected chi connectivity index (χ0v) is 9.80. The largest absolute Gasteiger partial charge is 0.401 e. The van der Waals surface area contributed by atoms with Crippen molar-refractivity contribution in [1.82, 2.24) is 0 Å². The molecule has 1 saturated carbocycles. The van der Waals surface area contributed by atoms with E-state index in [1.807, 2.05) is 0 Å². The van der Waals surface area contributed by atoms with Gasteiger partial charge in [-0.3, -0.25) is 0 Å². The first-order valence-electron chi connectivity index (χ1n) is 5.15. The second kappa shape index (κ2) is 2.75. The molecule has 0 radical (unpaired) electrons. The Labute approximate surface area is 92.6 Å². The van der Waals surface area contributed by atoms with E-state index in [0.29, 0.717) is 0 Å². The molecular weight excluding hydrogens is 273 g/mol. The average Bonchev–Trinajstić information content (AvgIpc) is 2.70. The number of hydrogen-bond donors (Lipinski definition) is 1. The lowest BCUT2D eigenvalue weighted by molar-refractivity contribution is 0.613. The minimum atomic E-state index is 0.880. The fourth-order valence-corrected chi connectivity index (χ4v) is 4.31. The van der Waals surface area contributed by atoms with E-state index in [1.54, 1.807) is 11.1 Å². The molecule has 1 nitrogen and oxygen atoms in total. The Kier molecular flexibility index (Phi) is 1.76. The molecule has 2 atom stereocenters. The fourth-order valence-electron chi connectivity index (χ4n) is 3.25. The van der Waals surface area contributed by atoms with Crippen LogP contribution in [0.5, 0.6) is 0 Å². The third kappa shape index (κ3) is 1.04. The summed E-state index contributed by atoms with van der Waals surface area (Å²) in [5, 5.41) is 0. The Hall–Kier alpha value is 0.01000. The van der Waals surface area contributed by atoms with Crippen LogP contribution in [0, 0.1) is 11.8 Å². The summed E-state index contributed by atoms with van der Waals surface area (Å²) in [6.45, 7) is 0. The first-order chi connectivity index (χ1) is 6.27. The van der Waals surface area contributed by atoms with E-state index in [-0.39, 0.29) is 0 Å². The Morgan fingerprint density at radius 2 is 1.92 bits per heavy atom. The van der Waals surface area contributed by atoms with E-state index in [9.17, 15) is 0 Å². The minimum Gasteiger partial charge on any atom is -0.401 e. The smallest absolute Gasteiger partial charge is 0.0352 e. The van der Waals surface area contributed by atoms with Crippen molar-refractivity contribution < 1.29 is 0 Å². The third-order valence-electron chi connectivity index (χ3n) is 3.86. The van der Waals surface area contributed by atoms with Crippen molar-refractivity contribution in [3.63, 3.8) is 0 Å². The van der Waals surface area contributed by atoms with Crippen LogP contribution in [-0.2, 0) is 0 Å². The van der Waals surface area contributed by atoms with Gasteiger partial charge in [-0.2, -0.15) is 0 Å². The van der Waals surface area contributed by atoms with Gasteiger partial charge in [0.2, 0.25) is 0 Å². The minimum absolute atomic E-state index is 0.880. The van der Waals surface area contributed by atoms with Gasteiger partial charge < -0.3 is 5.73 Å². The van der Waals surface area contributed by atoms with E-state index < -0.39 is 0 Å². The third-order valence-corrected chi connectivity index (χ3v) is 5.14. The highest BCUT2D eigenvalue weighted by Crippen LogP contribution is 2.55. The molecule has 70 valence electrons. The summed E-state index contributed by atoms with van der Waals surface area (Å²) in [6, 6.07) is 0. The molecule has 0 spiro atoms. The van der Waals surface area contributed by atoms with Crippen molar-refractivity contribution in [3.05, 3.63) is 20.4 Å². The van der Waals surface area contributed by atoms with Gasteiger partial charge in [0.05, 0.1) is 0 Å². The molecule has 0 saturated heterocycles. The van der Waals surface area contributed by atoms with E-state index in [0.717, 1.165) is 24.0 Å². The molecule has 2 bridgehead atoms. The van der Waals surface area contributed by atoms with Crippen molar-refractivity contribution in [2.75, 3.05) is 0 Å². The SMILES string of the molecule is NC1=C(I)C2=C(CC1)C1CCC2C1. The van der Waals surface area contributed by atoms with Crippen LogP contribution in [0.4, 0.5) is 0 Å². The number of nitrogens with two attached hydrogens (primary N) is 1. The molecule has 0 amide bonds. The highest BCUT2D eigenvalue weighted by molar-refractivity contribution is 14.1. The van der Waals surface area contributed by atoms with Gasteiger partial charge in [0.1, 0.15) is 0 Å². The molecule has 0 aromatic rings. The normalized spacial score (nSPS) is 37.3. The molecular formula is C11H14IN. The second-order valence-electron chi connectivity index (χ2n) is 4.49. The lowest BCUT2D eigenvalue weighted by Crippen LogP contribution is -2.13. The molecule has 3 aliphatic rings. The van der Waals surface area contributed by atoms with Crippen molar-refractivity contribution in [1.29, 1.82) is 0 Å². The quantitative estimate of drug-likeness (QED) is 0.681. The standard InChI is InChI=1S/C11H14IN/c12-11-9(13)4-3-8-6-1-2-7(5-6)10(8)11/h6-7H,1-5,13H2. The summed E-state index contributed by atoms with van der Waals surface area (Å²) in [4.78, 5) is 0. The van der Waals surface area contributed by atoms with Crippen LogP contribution in [0.2, 0.25) is 0 Å². The number of rotatable bonds is 0. The van der Waals surface area contributed by atoms with E-state index in [2.05, 4.69) is 22.6 Å². The van der Waals surface area contributed by atoms with Gasteiger partial charge >= 0.3 is 0 Å². The zero-order chi connectivity index (χ0) is 9.00. The van der Waals surface area contributed by atoms with Crippen LogP contribution in [0.15, 0.2) is 20.4 Å². The van der Waals surface area contributed by atoms with Gasteiger partial charge in [-0.25, -0.2) is 0 Å². The molecule has 13 heavy (non-hydrogen) atoms. The summed E-state index contributed by atoms with van der Waals surface area (Å²) in [5.41, 5.74) is 10.6. The molecule has 0 aromatic heterocycles. The molecule has 0 heterocycles. The Morgan fingerprint density at radius 3 is 2.77 bits per heavy atom. The summed E-state index contributed by atoms with van der Waals surface area (Å²) < 4.78 is 1.41. The molecule has 1 fully saturated rings. The Balaban J connectivity index is 2.11. The van der Waals surface area contributed by atoms with Gasteiger partial charge in [0.15, 0.2) is 0 Å². The lowest BCUT2D eigenvalue weighted by Gasteiger charge is -2.25. The van der Waals surface area contributed by atoms with E-state index in [4.69, 9.17) is 5.73 Å². The van der Waals surface area contributed by atoms with E-state index >= 15 is 0 Å². The summed E-state index contributed by atoms with van der Waals surface area (Å²) in [7, 11) is 0. The fraction of sp³-hybridized carbons (Fsp3) is 0.636. The maximum Gasteiger partial charge on any atom is 0.0352 e. The van der Waals surface area contributed by atoms with Gasteiger partial charge in [-0.15, -0.1) is 0 Å². The highest BCUT2D eigenvalue weighted by Gasteiger charge is 2.41. The number of hydrogen-bond acceptors (Lipinski definition) is 1. The van der Waals surface area contributed by atoms with Crippen LogP contribution in [0.3, 0.4) is 0 Å². The maximum atomic E-state index is 6.00. The molecule has 2 heteroatoms. The Morgan fingerprint density at radius 1 is 1.15 bits per heavy atom. The molecule has 2 N–H and O–H groups in total. The van der Waals surface area contributed by atoms with Crippen LogP contribution in [-0.4, -0.2) is 0 Å². The number of allylic oxidation sites excluding steroid dienone is 4. The molecule has 0 aliphatic heterocycles. The molecule has 3 aliphatic carbocycles. The summed E-state index contributed by atoms with van der Waals surface area (Å²) >= 11 is 2.46. The first-order valence-corrected chi connectivity index (χ1v) is 6.22. The molecule has 2 unspecified atom stereocenters. The average molecular weight is 287 g/mol. The zero-order valence-electron chi connectivity index (χ0n) is 7.65. The maximum absolute atomic E-state index is 6.00. The summed E-state index contributed by atoms with van der Waals surface area (Å²) in [6.07, 6.45) is 6.68. The number of halogens is 1. The van der Waals surface area contributed by atoms with Gasteiger partial charge in [-0.05, 0) is 72.1 Å². The predicted octanol–water partition coefficient (Wildman–Crippen LogP) is 3.11. The lowest BCUT2D eigenvalue weighted by atomic mass is 9.85. The van der Waals surface area contributed by atoms with Gasteiger partial charge in [-0.1, -0.05) is 5.57 Å². The van der Waals surface area contributed by atoms with Gasteiger partial charge in [0.25, 0.3) is 0 Å². The van der Waals surface area contributed by atoms with Crippen molar-refractivity contribution in [2.45, 2.75) is 32.1 Å². The van der Waals surface area contributed by atoms with E-state index in [1.165, 1.54) is 29.3 Å². The monoisotopic (exact) mass is 287 g/mol. The van der Waals surface area contributed by atoms with Crippen LogP contribution in [0.1, 0.15) is 32.1 Å². The predicted molar refractivity (Wildman–Crippen MR) is 62.3 cm³/mol. The Bertz CT molecular complexity index is 327. The van der Waals surface area contributed by atoms with Crippen LogP contribution >= 0.6 is 22.6 Å². The van der Waals surface area contributed by atoms with Crippen molar-refractivity contribution >= 4 is 22.6 Å². The van der Waals surface area contributed by atoms with Gasteiger partial charge in [0, 0.05) is 9.28 Å². The van der Waals surface area contributed by atoms with Crippen molar-refractivity contribution in [3.8, 4) is 0 Å². The van der Waals surface area contributed by atoms with Crippen LogP contribution in [0.25, 0.3) is 0 Å². The van der Waals surface area contributed by atoms with Crippen molar-refractivity contribution in [2.24, 2.45) is 17.6 Å². The molecule has 0 aromatic carbocycles. The van der Waals surface area contributed by atoms with Crippen LogP contribution < -0.4 is 5.73 Å². The molecule has 3 rings (SSSR count). The highest BCUT2D eigenvalue weighted by atomic mass is 127. The topological polar surface area (TPSA) is 26.0 Å². The number of fused-ring (bicyclic) bond motifs is 4. The first kappa shape index (κ1) is 8.33.